The molecule has 2 amide bonds. The van der Waals surface area contributed by atoms with Gasteiger partial charge in [-0.2, -0.15) is 0 Å². The average Bonchev–Trinajstić information content (AvgIpc) is 3.04. The summed E-state index contributed by atoms with van der Waals surface area (Å²) < 4.78 is 10.6. The Morgan fingerprint density at radius 3 is 2.25 bits per heavy atom. The first-order valence-electron chi connectivity index (χ1n) is 16.2. The van der Waals surface area contributed by atoms with E-state index >= 15 is 0 Å². The Morgan fingerprint density at radius 1 is 0.955 bits per heavy atom. The molecule has 0 bridgehead atoms. The molecule has 1 aliphatic carbocycles. The van der Waals surface area contributed by atoms with Gasteiger partial charge in [-0.25, -0.2) is 4.79 Å². The number of ether oxygens (including phenoxy) is 2. The van der Waals surface area contributed by atoms with Crippen molar-refractivity contribution >= 4 is 17.8 Å². The number of rotatable bonds is 11. The number of nitrogens with zero attached hydrogens (tertiary/aromatic N) is 2. The van der Waals surface area contributed by atoms with Gasteiger partial charge in [-0.3, -0.25) is 14.5 Å². The lowest BCUT2D eigenvalue weighted by molar-refractivity contribution is -0.163. The summed E-state index contributed by atoms with van der Waals surface area (Å²) in [5, 5.41) is 14.2. The molecule has 2 saturated heterocycles. The molecule has 2 heterocycles. The van der Waals surface area contributed by atoms with Crippen molar-refractivity contribution in [3.05, 3.63) is 65.2 Å². The van der Waals surface area contributed by atoms with Crippen molar-refractivity contribution in [2.45, 2.75) is 101 Å². The van der Waals surface area contributed by atoms with Crippen LogP contribution in [0.3, 0.4) is 0 Å². The van der Waals surface area contributed by atoms with Crippen LogP contribution in [0.2, 0.25) is 0 Å². The highest BCUT2D eigenvalue weighted by molar-refractivity contribution is 6.00. The SMILES string of the molecule is CCCCN1C(=O)[C@@H](CC2(O)CCCCC2)NC(=O)C12CCN(Cc1ccc(C(=O)OCc3ccc(OC)cc3)cc1)CC2. The van der Waals surface area contributed by atoms with E-state index in [0.29, 0.717) is 63.8 Å². The predicted octanol–water partition coefficient (Wildman–Crippen LogP) is 4.60. The van der Waals surface area contributed by atoms with Gasteiger partial charge in [-0.1, -0.05) is 56.9 Å². The summed E-state index contributed by atoms with van der Waals surface area (Å²) in [5.74, 6) is 0.263. The average molecular weight is 606 g/mol. The summed E-state index contributed by atoms with van der Waals surface area (Å²) in [6, 6.07) is 14.2. The third-order valence-corrected chi connectivity index (χ3v) is 9.72. The van der Waals surface area contributed by atoms with E-state index in [4.69, 9.17) is 9.47 Å². The van der Waals surface area contributed by atoms with E-state index in [0.717, 1.165) is 49.0 Å². The second kappa shape index (κ2) is 14.1. The zero-order valence-electron chi connectivity index (χ0n) is 26.2. The topological polar surface area (TPSA) is 108 Å². The number of unbranched alkanes of at least 4 members (excludes halogenated alkanes) is 1. The molecule has 1 spiro atoms. The first-order valence-corrected chi connectivity index (χ1v) is 16.2. The van der Waals surface area contributed by atoms with Crippen LogP contribution in [0.25, 0.3) is 0 Å². The van der Waals surface area contributed by atoms with Gasteiger partial charge in [0.15, 0.2) is 0 Å². The second-order valence-corrected chi connectivity index (χ2v) is 12.8. The number of piperidine rings is 1. The number of hydrogen-bond acceptors (Lipinski definition) is 7. The molecule has 44 heavy (non-hydrogen) atoms. The molecule has 238 valence electrons. The Bertz CT molecular complexity index is 1280. The highest BCUT2D eigenvalue weighted by Gasteiger charge is 2.54. The number of methoxy groups -OCH3 is 1. The number of carbonyl (C=O) groups excluding carboxylic acids is 3. The number of hydrogen-bond donors (Lipinski definition) is 2. The van der Waals surface area contributed by atoms with E-state index in [9.17, 15) is 19.5 Å². The summed E-state index contributed by atoms with van der Waals surface area (Å²) in [6.45, 7) is 4.91. The van der Waals surface area contributed by atoms with Crippen molar-refractivity contribution in [2.75, 3.05) is 26.7 Å². The van der Waals surface area contributed by atoms with Crippen LogP contribution in [-0.4, -0.2) is 76.6 Å². The van der Waals surface area contributed by atoms with Crippen LogP contribution in [0, 0.1) is 0 Å². The summed E-state index contributed by atoms with van der Waals surface area (Å²) in [4.78, 5) is 44.3. The first-order chi connectivity index (χ1) is 21.2. The number of piperazine rings is 1. The number of esters is 1. The zero-order valence-corrected chi connectivity index (χ0v) is 26.2. The Labute approximate surface area is 260 Å². The zero-order chi connectivity index (χ0) is 31.2. The Kier molecular flexibility index (Phi) is 10.3. The predicted molar refractivity (Wildman–Crippen MR) is 167 cm³/mol. The molecule has 9 heteroatoms. The molecule has 3 fully saturated rings. The minimum absolute atomic E-state index is 0.0417. The highest BCUT2D eigenvalue weighted by Crippen LogP contribution is 2.37. The normalized spacial score (nSPS) is 21.6. The molecule has 9 nitrogen and oxygen atoms in total. The monoisotopic (exact) mass is 605 g/mol. The van der Waals surface area contributed by atoms with Gasteiger partial charge in [0.05, 0.1) is 18.3 Å². The lowest BCUT2D eigenvalue weighted by atomic mass is 9.77. The molecule has 0 unspecified atom stereocenters. The van der Waals surface area contributed by atoms with Crippen molar-refractivity contribution in [3.63, 3.8) is 0 Å². The maximum atomic E-state index is 13.8. The third kappa shape index (κ3) is 7.26. The number of nitrogens with one attached hydrogen (secondary N) is 1. The van der Waals surface area contributed by atoms with E-state index in [-0.39, 0.29) is 24.4 Å². The molecule has 5 rings (SSSR count). The van der Waals surface area contributed by atoms with Crippen LogP contribution in [0.4, 0.5) is 0 Å². The lowest BCUT2D eigenvalue weighted by Crippen LogP contribution is -2.73. The van der Waals surface area contributed by atoms with Crippen LogP contribution in [0.15, 0.2) is 48.5 Å². The van der Waals surface area contributed by atoms with Gasteiger partial charge in [0.2, 0.25) is 11.8 Å². The van der Waals surface area contributed by atoms with Crippen molar-refractivity contribution in [1.29, 1.82) is 0 Å². The van der Waals surface area contributed by atoms with Crippen LogP contribution < -0.4 is 10.1 Å². The van der Waals surface area contributed by atoms with Crippen LogP contribution in [0.5, 0.6) is 5.75 Å². The molecular formula is C35H47N3O6. The molecule has 1 saturated carbocycles. The van der Waals surface area contributed by atoms with Crippen LogP contribution >= 0.6 is 0 Å². The summed E-state index contributed by atoms with van der Waals surface area (Å²) >= 11 is 0. The van der Waals surface area contributed by atoms with Crippen LogP contribution in [-0.2, 0) is 27.5 Å². The van der Waals surface area contributed by atoms with Crippen molar-refractivity contribution in [1.82, 2.24) is 15.1 Å². The highest BCUT2D eigenvalue weighted by atomic mass is 16.5. The first kappa shape index (κ1) is 32.0. The number of likely N-dealkylation sites (tertiary alicyclic amines) is 1. The quantitative estimate of drug-likeness (QED) is 0.361. The molecule has 3 aliphatic rings. The van der Waals surface area contributed by atoms with Crippen molar-refractivity contribution in [3.8, 4) is 5.75 Å². The minimum Gasteiger partial charge on any atom is -0.497 e. The number of amides is 2. The standard InChI is InChI=1S/C35H47N3O6/c1-3-4-20-38-31(39)30(23-34(42)16-6-5-7-17-34)36-33(41)35(38)18-21-37(22-19-35)24-26-8-12-28(13-9-26)32(40)44-25-27-10-14-29(43-2)15-11-27/h8-15,30,42H,3-7,16-25H2,1-2H3,(H,36,41)/t30-/m1/s1. The Hall–Kier alpha value is -3.43. The number of aliphatic hydroxyl groups is 1. The van der Waals surface area contributed by atoms with Crippen LogP contribution in [0.1, 0.15) is 92.6 Å². The summed E-state index contributed by atoms with van der Waals surface area (Å²) in [6.07, 6.45) is 7.63. The third-order valence-electron chi connectivity index (χ3n) is 9.72. The fourth-order valence-electron chi connectivity index (χ4n) is 6.99. The summed E-state index contributed by atoms with van der Waals surface area (Å²) in [7, 11) is 1.61. The van der Waals surface area contributed by atoms with E-state index in [2.05, 4.69) is 17.1 Å². The molecule has 2 aromatic rings. The van der Waals surface area contributed by atoms with Gasteiger partial charge in [0.25, 0.3) is 0 Å². The van der Waals surface area contributed by atoms with Gasteiger partial charge in [0.1, 0.15) is 23.9 Å². The Balaban J connectivity index is 1.16. The van der Waals surface area contributed by atoms with E-state index in [1.807, 2.05) is 41.3 Å². The van der Waals surface area contributed by atoms with E-state index in [1.165, 1.54) is 0 Å². The summed E-state index contributed by atoms with van der Waals surface area (Å²) in [5.41, 5.74) is 0.735. The largest absolute Gasteiger partial charge is 0.497 e. The van der Waals surface area contributed by atoms with Gasteiger partial charge < -0.3 is 24.8 Å². The molecule has 0 aromatic heterocycles. The van der Waals surface area contributed by atoms with Gasteiger partial charge in [-0.05, 0) is 67.5 Å². The molecule has 1 atom stereocenters. The van der Waals surface area contributed by atoms with Crippen molar-refractivity contribution in [2.24, 2.45) is 0 Å². The van der Waals surface area contributed by atoms with Gasteiger partial charge in [0, 0.05) is 32.6 Å². The van der Waals surface area contributed by atoms with E-state index in [1.54, 1.807) is 19.2 Å². The fourth-order valence-corrected chi connectivity index (χ4v) is 6.99. The maximum absolute atomic E-state index is 13.8. The lowest BCUT2D eigenvalue weighted by Gasteiger charge is -2.52. The van der Waals surface area contributed by atoms with Gasteiger partial charge in [-0.15, -0.1) is 0 Å². The van der Waals surface area contributed by atoms with Gasteiger partial charge >= 0.3 is 5.97 Å². The molecule has 2 aliphatic heterocycles. The fraction of sp³-hybridized carbons (Fsp3) is 0.571. The molecule has 2 N–H and O–H groups in total. The van der Waals surface area contributed by atoms with E-state index < -0.39 is 17.2 Å². The minimum atomic E-state index is -0.876. The number of benzene rings is 2. The molecule has 2 aromatic carbocycles. The Morgan fingerprint density at radius 2 is 1.61 bits per heavy atom. The second-order valence-electron chi connectivity index (χ2n) is 12.8. The van der Waals surface area contributed by atoms with Crippen molar-refractivity contribution < 1.29 is 29.0 Å². The molecule has 0 radical (unpaired) electrons. The maximum Gasteiger partial charge on any atom is 0.338 e. The smallest absolute Gasteiger partial charge is 0.338 e. The number of carbonyl (C=O) groups is 3. The molecular weight excluding hydrogens is 558 g/mol.